The van der Waals surface area contributed by atoms with Crippen molar-refractivity contribution in [3.05, 3.63) is 0 Å². The van der Waals surface area contributed by atoms with Gasteiger partial charge in [0.05, 0.1) is 0 Å². The third-order valence-corrected chi connectivity index (χ3v) is 4.59. The van der Waals surface area contributed by atoms with Crippen molar-refractivity contribution in [2.75, 3.05) is 19.8 Å². The van der Waals surface area contributed by atoms with Crippen molar-refractivity contribution in [3.8, 4) is 0 Å². The number of nitrogens with one attached hydrogen (secondary N) is 1. The Morgan fingerprint density at radius 1 is 1.06 bits per heavy atom. The maximum Gasteiger partial charge on any atom is 0.0494 e. The Bertz CT molecular complexity index is 201. The molecule has 2 saturated carbocycles. The molecule has 0 aromatic heterocycles. The average molecular weight is 239 g/mol. The van der Waals surface area contributed by atoms with Crippen LogP contribution in [0, 0.1) is 11.8 Å². The number of rotatable bonds is 7. The van der Waals surface area contributed by atoms with Crippen LogP contribution in [-0.4, -0.2) is 25.8 Å². The molecule has 0 aromatic rings. The van der Waals surface area contributed by atoms with Crippen LogP contribution in [0.15, 0.2) is 0 Å². The fourth-order valence-electron chi connectivity index (χ4n) is 3.58. The maximum absolute atomic E-state index is 5.88. The van der Waals surface area contributed by atoms with E-state index < -0.39 is 0 Å². The lowest BCUT2D eigenvalue weighted by molar-refractivity contribution is 0.0880. The first kappa shape index (κ1) is 13.4. The summed E-state index contributed by atoms with van der Waals surface area (Å²) in [7, 11) is 0. The summed E-state index contributed by atoms with van der Waals surface area (Å²) in [4.78, 5) is 0. The average Bonchev–Trinajstić information content (AvgIpc) is 2.96. The number of hydrogen-bond acceptors (Lipinski definition) is 2. The van der Waals surface area contributed by atoms with Crippen LogP contribution in [0.4, 0.5) is 0 Å². The van der Waals surface area contributed by atoms with Gasteiger partial charge in [0.25, 0.3) is 0 Å². The summed E-state index contributed by atoms with van der Waals surface area (Å²) >= 11 is 0. The van der Waals surface area contributed by atoms with Crippen LogP contribution < -0.4 is 5.32 Å². The summed E-state index contributed by atoms with van der Waals surface area (Å²) in [6, 6.07) is 0.773. The molecule has 2 rings (SSSR count). The van der Waals surface area contributed by atoms with Crippen molar-refractivity contribution in [2.24, 2.45) is 11.8 Å². The largest absolute Gasteiger partial charge is 0.381 e. The Kier molecular flexibility index (Phi) is 5.79. The molecule has 0 saturated heterocycles. The van der Waals surface area contributed by atoms with E-state index in [1.807, 2.05) is 0 Å². The van der Waals surface area contributed by atoms with Gasteiger partial charge in [0.15, 0.2) is 0 Å². The molecule has 2 unspecified atom stereocenters. The molecule has 0 spiro atoms. The maximum atomic E-state index is 5.88. The van der Waals surface area contributed by atoms with E-state index in [2.05, 4.69) is 12.2 Å². The molecule has 0 heterocycles. The molecule has 2 nitrogen and oxygen atoms in total. The molecule has 2 fully saturated rings. The van der Waals surface area contributed by atoms with Crippen molar-refractivity contribution < 1.29 is 4.74 Å². The van der Waals surface area contributed by atoms with Crippen molar-refractivity contribution in [1.82, 2.24) is 5.32 Å². The monoisotopic (exact) mass is 239 g/mol. The van der Waals surface area contributed by atoms with Crippen LogP contribution in [0.25, 0.3) is 0 Å². The van der Waals surface area contributed by atoms with Gasteiger partial charge in [-0.3, -0.25) is 0 Å². The van der Waals surface area contributed by atoms with E-state index in [9.17, 15) is 0 Å². The second kappa shape index (κ2) is 7.38. The van der Waals surface area contributed by atoms with Crippen LogP contribution in [0.5, 0.6) is 0 Å². The highest BCUT2D eigenvalue weighted by Gasteiger charge is 2.26. The minimum absolute atomic E-state index is 0.773. The SMILES string of the molecule is CCNC1CCCC1CCOCC1CCCC1. The lowest BCUT2D eigenvalue weighted by Gasteiger charge is -2.20. The van der Waals surface area contributed by atoms with E-state index in [0.717, 1.165) is 37.6 Å². The fourth-order valence-corrected chi connectivity index (χ4v) is 3.58. The minimum atomic E-state index is 0.773. The highest BCUT2D eigenvalue weighted by molar-refractivity contribution is 4.82. The lowest BCUT2D eigenvalue weighted by Crippen LogP contribution is -2.32. The van der Waals surface area contributed by atoms with E-state index in [0.29, 0.717) is 0 Å². The van der Waals surface area contributed by atoms with E-state index in [4.69, 9.17) is 4.74 Å². The van der Waals surface area contributed by atoms with Gasteiger partial charge < -0.3 is 10.1 Å². The third-order valence-electron chi connectivity index (χ3n) is 4.59. The Hall–Kier alpha value is -0.0800. The van der Waals surface area contributed by atoms with Crippen molar-refractivity contribution in [2.45, 2.75) is 64.3 Å². The zero-order valence-corrected chi connectivity index (χ0v) is 11.4. The Labute approximate surface area is 107 Å². The van der Waals surface area contributed by atoms with Gasteiger partial charge in [0.1, 0.15) is 0 Å². The van der Waals surface area contributed by atoms with E-state index in [-0.39, 0.29) is 0 Å². The first-order chi connectivity index (χ1) is 8.40. The molecule has 2 aliphatic carbocycles. The Morgan fingerprint density at radius 3 is 2.65 bits per heavy atom. The summed E-state index contributed by atoms with van der Waals surface area (Å²) < 4.78 is 5.88. The first-order valence-electron chi connectivity index (χ1n) is 7.71. The zero-order valence-electron chi connectivity index (χ0n) is 11.4. The van der Waals surface area contributed by atoms with Gasteiger partial charge in [-0.1, -0.05) is 26.2 Å². The molecule has 0 radical (unpaired) electrons. The second-order valence-electron chi connectivity index (χ2n) is 5.87. The molecule has 0 aliphatic heterocycles. The summed E-state index contributed by atoms with van der Waals surface area (Å²) in [5.74, 6) is 1.75. The Morgan fingerprint density at radius 2 is 1.88 bits per heavy atom. The first-order valence-corrected chi connectivity index (χ1v) is 7.71. The molecule has 0 amide bonds. The number of hydrogen-bond donors (Lipinski definition) is 1. The lowest BCUT2D eigenvalue weighted by atomic mass is 10.00. The molecular formula is C15H29NO. The van der Waals surface area contributed by atoms with E-state index in [1.54, 1.807) is 0 Å². The quantitative estimate of drug-likeness (QED) is 0.688. The van der Waals surface area contributed by atoms with Crippen LogP contribution in [0.1, 0.15) is 58.3 Å². The molecule has 2 atom stereocenters. The van der Waals surface area contributed by atoms with Crippen LogP contribution >= 0.6 is 0 Å². The molecule has 100 valence electrons. The molecule has 2 aliphatic rings. The zero-order chi connectivity index (χ0) is 11.9. The normalized spacial score (nSPS) is 30.2. The van der Waals surface area contributed by atoms with Gasteiger partial charge >= 0.3 is 0 Å². The molecule has 1 N–H and O–H groups in total. The van der Waals surface area contributed by atoms with Crippen LogP contribution in [0.3, 0.4) is 0 Å². The van der Waals surface area contributed by atoms with Gasteiger partial charge in [-0.25, -0.2) is 0 Å². The minimum Gasteiger partial charge on any atom is -0.381 e. The highest BCUT2D eigenvalue weighted by Crippen LogP contribution is 2.29. The highest BCUT2D eigenvalue weighted by atomic mass is 16.5. The third kappa shape index (κ3) is 4.26. The summed E-state index contributed by atoms with van der Waals surface area (Å²) in [5, 5.41) is 3.62. The second-order valence-corrected chi connectivity index (χ2v) is 5.87. The van der Waals surface area contributed by atoms with E-state index >= 15 is 0 Å². The Balaban J connectivity index is 1.54. The predicted molar refractivity (Wildman–Crippen MR) is 72.2 cm³/mol. The summed E-state index contributed by atoms with van der Waals surface area (Å²) in [6.45, 7) is 5.34. The predicted octanol–water partition coefficient (Wildman–Crippen LogP) is 3.36. The van der Waals surface area contributed by atoms with Gasteiger partial charge in [-0.15, -0.1) is 0 Å². The van der Waals surface area contributed by atoms with E-state index in [1.165, 1.54) is 51.4 Å². The van der Waals surface area contributed by atoms with Crippen molar-refractivity contribution >= 4 is 0 Å². The molecule has 17 heavy (non-hydrogen) atoms. The smallest absolute Gasteiger partial charge is 0.0494 e. The molecular weight excluding hydrogens is 210 g/mol. The summed E-state index contributed by atoms with van der Waals surface area (Å²) in [6.07, 6.45) is 11.1. The summed E-state index contributed by atoms with van der Waals surface area (Å²) in [5.41, 5.74) is 0. The molecule has 0 aromatic carbocycles. The van der Waals surface area contributed by atoms with Gasteiger partial charge in [0, 0.05) is 19.3 Å². The van der Waals surface area contributed by atoms with Crippen molar-refractivity contribution in [1.29, 1.82) is 0 Å². The topological polar surface area (TPSA) is 21.3 Å². The van der Waals surface area contributed by atoms with Crippen molar-refractivity contribution in [3.63, 3.8) is 0 Å². The fraction of sp³-hybridized carbons (Fsp3) is 1.00. The number of ether oxygens (including phenoxy) is 1. The van der Waals surface area contributed by atoms with Crippen LogP contribution in [-0.2, 0) is 4.74 Å². The standard InChI is InChI=1S/C15H29NO/c1-2-16-15-9-5-8-14(15)10-11-17-12-13-6-3-4-7-13/h13-16H,2-12H2,1H3. The van der Waals surface area contributed by atoms with Gasteiger partial charge in [-0.2, -0.15) is 0 Å². The van der Waals surface area contributed by atoms with Gasteiger partial charge in [0.2, 0.25) is 0 Å². The molecule has 2 heteroatoms. The van der Waals surface area contributed by atoms with Crippen LogP contribution in [0.2, 0.25) is 0 Å². The van der Waals surface area contributed by atoms with Gasteiger partial charge in [-0.05, 0) is 50.5 Å². The molecule has 0 bridgehead atoms.